The van der Waals surface area contributed by atoms with Crippen LogP contribution in [0.5, 0.6) is 0 Å². The molecule has 0 bridgehead atoms. The lowest BCUT2D eigenvalue weighted by Gasteiger charge is -2.31. The molecule has 0 radical (unpaired) electrons. The maximum absolute atomic E-state index is 13.5. The largest absolute Gasteiger partial charge is 0.354 e. The van der Waals surface area contributed by atoms with E-state index in [2.05, 4.69) is 21.2 Å². The molecule has 0 aliphatic rings. The number of amides is 2. The molecule has 0 saturated heterocycles. The van der Waals surface area contributed by atoms with Crippen LogP contribution in [0.3, 0.4) is 0 Å². The summed E-state index contributed by atoms with van der Waals surface area (Å²) in [4.78, 5) is 27.7. The van der Waals surface area contributed by atoms with Gasteiger partial charge in [-0.1, -0.05) is 59.6 Å². The van der Waals surface area contributed by atoms with E-state index in [-0.39, 0.29) is 24.1 Å². The van der Waals surface area contributed by atoms with Gasteiger partial charge in [0.25, 0.3) is 0 Å². The number of carbonyl (C=O) groups excluding carboxylic acids is 2. The highest BCUT2D eigenvalue weighted by Crippen LogP contribution is 2.25. The number of rotatable bonds is 10. The van der Waals surface area contributed by atoms with Gasteiger partial charge < -0.3 is 10.2 Å². The van der Waals surface area contributed by atoms with Crippen LogP contribution >= 0.6 is 27.5 Å². The van der Waals surface area contributed by atoms with Gasteiger partial charge >= 0.3 is 0 Å². The molecular weight excluding hydrogens is 542 g/mol. The van der Waals surface area contributed by atoms with Gasteiger partial charge in [-0.2, -0.15) is 0 Å². The summed E-state index contributed by atoms with van der Waals surface area (Å²) < 4.78 is 27.1. The molecule has 0 saturated carbocycles. The fraction of sp³-hybridized carbons (Fsp3) is 0.417. The fourth-order valence-electron chi connectivity index (χ4n) is 3.17. The van der Waals surface area contributed by atoms with Gasteiger partial charge in [0.1, 0.15) is 12.6 Å². The van der Waals surface area contributed by atoms with Crippen molar-refractivity contribution < 1.29 is 18.0 Å². The second kappa shape index (κ2) is 12.0. The smallest absolute Gasteiger partial charge is 0.244 e. The van der Waals surface area contributed by atoms with Gasteiger partial charge in [-0.3, -0.25) is 13.9 Å². The molecule has 0 aliphatic carbocycles. The number of hydrogen-bond donors (Lipinski definition) is 1. The Morgan fingerprint density at radius 3 is 2.24 bits per heavy atom. The molecule has 0 unspecified atom stereocenters. The predicted molar refractivity (Wildman–Crippen MR) is 140 cm³/mol. The SMILES string of the molecule is Cc1ccc(N(CC(=O)N(Cc2ccc(Br)cc2)[C@@H](C)C(=O)NCC(C)C)S(C)(=O)=O)cc1Cl. The third-order valence-electron chi connectivity index (χ3n) is 5.24. The summed E-state index contributed by atoms with van der Waals surface area (Å²) in [7, 11) is -3.80. The molecule has 1 N–H and O–H groups in total. The molecule has 1 atom stereocenters. The maximum Gasteiger partial charge on any atom is 0.244 e. The average Bonchev–Trinajstić information content (AvgIpc) is 2.76. The van der Waals surface area contributed by atoms with Crippen molar-refractivity contribution in [1.29, 1.82) is 0 Å². The molecule has 7 nitrogen and oxygen atoms in total. The molecule has 10 heteroatoms. The highest BCUT2D eigenvalue weighted by atomic mass is 79.9. The zero-order valence-corrected chi connectivity index (χ0v) is 23.2. The van der Waals surface area contributed by atoms with Crippen LogP contribution in [0.15, 0.2) is 46.9 Å². The summed E-state index contributed by atoms with van der Waals surface area (Å²) >= 11 is 9.60. The molecule has 34 heavy (non-hydrogen) atoms. The molecule has 2 amide bonds. The van der Waals surface area contributed by atoms with Gasteiger partial charge in [-0.15, -0.1) is 0 Å². The van der Waals surface area contributed by atoms with E-state index < -0.39 is 28.5 Å². The Morgan fingerprint density at radius 2 is 1.71 bits per heavy atom. The third-order valence-corrected chi connectivity index (χ3v) is 7.32. The van der Waals surface area contributed by atoms with Gasteiger partial charge in [-0.25, -0.2) is 8.42 Å². The number of sulfonamides is 1. The lowest BCUT2D eigenvalue weighted by Crippen LogP contribution is -2.51. The average molecular weight is 573 g/mol. The first-order chi connectivity index (χ1) is 15.8. The Balaban J connectivity index is 2.37. The van der Waals surface area contributed by atoms with Crippen molar-refractivity contribution >= 4 is 55.1 Å². The minimum atomic E-state index is -3.80. The van der Waals surface area contributed by atoms with E-state index in [0.29, 0.717) is 11.6 Å². The second-order valence-electron chi connectivity index (χ2n) is 8.67. The van der Waals surface area contributed by atoms with Crippen LogP contribution in [-0.4, -0.2) is 50.5 Å². The van der Waals surface area contributed by atoms with E-state index in [1.807, 2.05) is 38.1 Å². The van der Waals surface area contributed by atoms with Gasteiger partial charge in [0.2, 0.25) is 21.8 Å². The Labute approximate surface area is 215 Å². The Hall–Kier alpha value is -2.10. The summed E-state index contributed by atoms with van der Waals surface area (Å²) in [5.41, 5.74) is 1.88. The van der Waals surface area contributed by atoms with E-state index in [1.54, 1.807) is 26.0 Å². The molecule has 2 rings (SSSR count). The van der Waals surface area contributed by atoms with Crippen LogP contribution in [0.4, 0.5) is 5.69 Å². The van der Waals surface area contributed by atoms with Crippen molar-refractivity contribution in [2.45, 2.75) is 40.3 Å². The van der Waals surface area contributed by atoms with Crippen LogP contribution in [0.1, 0.15) is 31.9 Å². The summed E-state index contributed by atoms with van der Waals surface area (Å²) in [5.74, 6) is -0.556. The van der Waals surface area contributed by atoms with Crippen molar-refractivity contribution in [2.24, 2.45) is 5.92 Å². The van der Waals surface area contributed by atoms with Gasteiger partial charge in [0, 0.05) is 22.6 Å². The first-order valence-corrected chi connectivity index (χ1v) is 13.9. The first kappa shape index (κ1) is 28.1. The zero-order chi connectivity index (χ0) is 25.6. The summed E-state index contributed by atoms with van der Waals surface area (Å²) in [6, 6.07) is 11.4. The fourth-order valence-corrected chi connectivity index (χ4v) is 4.45. The minimum Gasteiger partial charge on any atom is -0.354 e. The van der Waals surface area contributed by atoms with Crippen molar-refractivity contribution in [3.8, 4) is 0 Å². The van der Waals surface area contributed by atoms with Crippen molar-refractivity contribution in [3.05, 3.63) is 63.1 Å². The highest BCUT2D eigenvalue weighted by molar-refractivity contribution is 9.10. The van der Waals surface area contributed by atoms with E-state index in [9.17, 15) is 18.0 Å². The Kier molecular flexibility index (Phi) is 9.96. The number of hydrogen-bond acceptors (Lipinski definition) is 4. The van der Waals surface area contributed by atoms with Crippen molar-refractivity contribution in [1.82, 2.24) is 10.2 Å². The van der Waals surface area contributed by atoms with E-state index in [0.717, 1.165) is 26.2 Å². The van der Waals surface area contributed by atoms with E-state index >= 15 is 0 Å². The van der Waals surface area contributed by atoms with E-state index in [4.69, 9.17) is 11.6 Å². The first-order valence-electron chi connectivity index (χ1n) is 10.8. The molecule has 0 fully saturated rings. The number of nitrogens with one attached hydrogen (secondary N) is 1. The van der Waals surface area contributed by atoms with Crippen molar-refractivity contribution in [3.63, 3.8) is 0 Å². The van der Waals surface area contributed by atoms with Gasteiger partial charge in [-0.05, 0) is 55.2 Å². The lowest BCUT2D eigenvalue weighted by atomic mass is 10.1. The number of halogens is 2. The lowest BCUT2D eigenvalue weighted by molar-refractivity contribution is -0.139. The molecular formula is C24H31BrClN3O4S. The number of carbonyl (C=O) groups is 2. The Morgan fingerprint density at radius 1 is 1.09 bits per heavy atom. The van der Waals surface area contributed by atoms with Gasteiger partial charge in [0.05, 0.1) is 11.9 Å². The normalized spacial score (nSPS) is 12.4. The van der Waals surface area contributed by atoms with Crippen LogP contribution in [-0.2, 0) is 26.2 Å². The van der Waals surface area contributed by atoms with E-state index in [1.165, 1.54) is 11.0 Å². The Bertz CT molecular complexity index is 1120. The molecule has 0 aromatic heterocycles. The monoisotopic (exact) mass is 571 g/mol. The topological polar surface area (TPSA) is 86.8 Å². The van der Waals surface area contributed by atoms with Crippen molar-refractivity contribution in [2.75, 3.05) is 23.7 Å². The molecule has 186 valence electrons. The molecule has 2 aromatic carbocycles. The number of anilines is 1. The highest BCUT2D eigenvalue weighted by Gasteiger charge is 2.30. The quantitative estimate of drug-likeness (QED) is 0.458. The molecule has 0 spiro atoms. The molecule has 2 aromatic rings. The number of aryl methyl sites for hydroxylation is 1. The molecule has 0 aliphatic heterocycles. The zero-order valence-electron chi connectivity index (χ0n) is 20.0. The van der Waals surface area contributed by atoms with Crippen LogP contribution in [0.2, 0.25) is 5.02 Å². The summed E-state index contributed by atoms with van der Waals surface area (Å²) in [6.45, 7) is 7.56. The number of benzene rings is 2. The third kappa shape index (κ3) is 7.99. The van der Waals surface area contributed by atoms with Crippen LogP contribution < -0.4 is 9.62 Å². The summed E-state index contributed by atoms with van der Waals surface area (Å²) in [6.07, 6.45) is 1.03. The van der Waals surface area contributed by atoms with Gasteiger partial charge in [0.15, 0.2) is 0 Å². The summed E-state index contributed by atoms with van der Waals surface area (Å²) in [5, 5.41) is 3.25. The maximum atomic E-state index is 13.5. The van der Waals surface area contributed by atoms with Crippen LogP contribution in [0, 0.1) is 12.8 Å². The predicted octanol–water partition coefficient (Wildman–Crippen LogP) is 4.37. The number of nitrogens with zero attached hydrogens (tertiary/aromatic N) is 2. The minimum absolute atomic E-state index is 0.147. The molecule has 0 heterocycles. The standard InChI is InChI=1S/C24H31BrClN3O4S/c1-16(2)13-27-24(31)18(4)28(14-19-7-9-20(25)10-8-19)23(30)15-29(34(5,32)33)21-11-6-17(3)22(26)12-21/h6-12,16,18H,13-15H2,1-5H3,(H,27,31)/t18-/m0/s1. The second-order valence-corrected chi connectivity index (χ2v) is 11.9. The van der Waals surface area contributed by atoms with Crippen LogP contribution in [0.25, 0.3) is 0 Å².